The van der Waals surface area contributed by atoms with Crippen molar-refractivity contribution in [3.05, 3.63) is 46.3 Å². The molecule has 136 valence electrons. The van der Waals surface area contributed by atoms with Crippen molar-refractivity contribution in [2.75, 3.05) is 5.32 Å². The largest absolute Gasteiger partial charge is 0.481 e. The van der Waals surface area contributed by atoms with Crippen LogP contribution in [0.2, 0.25) is 0 Å². The fourth-order valence-electron chi connectivity index (χ4n) is 3.39. The Labute approximate surface area is 158 Å². The normalized spacial score (nSPS) is 17.0. The lowest BCUT2D eigenvalue weighted by atomic mass is 9.86. The highest BCUT2D eigenvalue weighted by molar-refractivity contribution is 7.16. The number of thiophene rings is 1. The van der Waals surface area contributed by atoms with E-state index in [0.29, 0.717) is 28.7 Å². The van der Waals surface area contributed by atoms with Crippen molar-refractivity contribution in [3.63, 3.8) is 0 Å². The van der Waals surface area contributed by atoms with Crippen molar-refractivity contribution >= 4 is 22.2 Å². The van der Waals surface area contributed by atoms with Gasteiger partial charge in [0, 0.05) is 4.88 Å². The molecule has 1 aromatic heterocycles. The van der Waals surface area contributed by atoms with E-state index in [2.05, 4.69) is 18.3 Å². The fraction of sp³-hybridized carbons (Fsp3) is 0.429. The summed E-state index contributed by atoms with van der Waals surface area (Å²) in [6, 6.07) is 11.7. The number of nitriles is 1. The standard InChI is InChI=1S/C21H24N2O2S/c1-3-14-10-11-16-17(13-22)21(26-19(16)12-14)23-20(24)18(4-2)25-15-8-6-5-7-9-15/h5-9,14,18H,3-4,10-12H2,1-2H3,(H,23,24). The third kappa shape index (κ3) is 3.91. The number of carbonyl (C=O) groups is 1. The van der Waals surface area contributed by atoms with E-state index in [-0.39, 0.29) is 5.91 Å². The first-order chi connectivity index (χ1) is 12.7. The summed E-state index contributed by atoms with van der Waals surface area (Å²) in [6.45, 7) is 4.13. The SMILES string of the molecule is CCC1CCc2c(sc(NC(=O)C(CC)Oc3ccccc3)c2C#N)C1. The molecule has 5 heteroatoms. The van der Waals surface area contributed by atoms with Gasteiger partial charge in [0.05, 0.1) is 5.56 Å². The van der Waals surface area contributed by atoms with Gasteiger partial charge in [0.25, 0.3) is 5.91 Å². The number of hydrogen-bond acceptors (Lipinski definition) is 4. The van der Waals surface area contributed by atoms with Crippen molar-refractivity contribution in [2.24, 2.45) is 5.92 Å². The second kappa shape index (κ2) is 8.37. The van der Waals surface area contributed by atoms with E-state index >= 15 is 0 Å². The molecule has 1 amide bonds. The van der Waals surface area contributed by atoms with Gasteiger partial charge in [-0.25, -0.2) is 0 Å². The molecule has 0 radical (unpaired) electrons. The van der Waals surface area contributed by atoms with Gasteiger partial charge in [0.2, 0.25) is 0 Å². The van der Waals surface area contributed by atoms with Crippen LogP contribution in [0.5, 0.6) is 5.75 Å². The van der Waals surface area contributed by atoms with Crippen molar-refractivity contribution in [1.82, 2.24) is 0 Å². The summed E-state index contributed by atoms with van der Waals surface area (Å²) in [5, 5.41) is 13.2. The molecule has 0 spiro atoms. The van der Waals surface area contributed by atoms with E-state index < -0.39 is 6.10 Å². The lowest BCUT2D eigenvalue weighted by Gasteiger charge is -2.20. The zero-order valence-electron chi connectivity index (χ0n) is 15.2. The number of rotatable bonds is 6. The van der Waals surface area contributed by atoms with Crippen molar-refractivity contribution in [2.45, 2.75) is 52.1 Å². The lowest BCUT2D eigenvalue weighted by Crippen LogP contribution is -2.32. The highest BCUT2D eigenvalue weighted by atomic mass is 32.1. The van der Waals surface area contributed by atoms with Crippen LogP contribution < -0.4 is 10.1 Å². The summed E-state index contributed by atoms with van der Waals surface area (Å²) < 4.78 is 5.82. The third-order valence-electron chi connectivity index (χ3n) is 4.98. The van der Waals surface area contributed by atoms with Gasteiger partial charge in [-0.2, -0.15) is 5.26 Å². The summed E-state index contributed by atoms with van der Waals surface area (Å²) in [6.07, 6.45) is 4.21. The molecule has 2 atom stereocenters. The maximum Gasteiger partial charge on any atom is 0.266 e. The van der Waals surface area contributed by atoms with Crippen LogP contribution in [0.25, 0.3) is 0 Å². The van der Waals surface area contributed by atoms with Crippen LogP contribution >= 0.6 is 11.3 Å². The molecule has 1 aliphatic rings. The van der Waals surface area contributed by atoms with Crippen LogP contribution in [-0.4, -0.2) is 12.0 Å². The molecule has 0 fully saturated rings. The van der Waals surface area contributed by atoms with Crippen molar-refractivity contribution < 1.29 is 9.53 Å². The van der Waals surface area contributed by atoms with Crippen LogP contribution in [0.4, 0.5) is 5.00 Å². The first kappa shape index (κ1) is 18.5. The zero-order valence-corrected chi connectivity index (χ0v) is 16.1. The minimum absolute atomic E-state index is 0.196. The molecule has 0 bridgehead atoms. The molecule has 4 nitrogen and oxygen atoms in total. The second-order valence-electron chi connectivity index (χ2n) is 6.65. The molecule has 0 saturated carbocycles. The predicted molar refractivity (Wildman–Crippen MR) is 105 cm³/mol. The second-order valence-corrected chi connectivity index (χ2v) is 7.76. The van der Waals surface area contributed by atoms with E-state index in [1.165, 1.54) is 4.88 Å². The summed E-state index contributed by atoms with van der Waals surface area (Å²) >= 11 is 1.56. The number of amides is 1. The van der Waals surface area contributed by atoms with Crippen LogP contribution in [0.15, 0.2) is 30.3 Å². The Morgan fingerprint density at radius 3 is 2.81 bits per heavy atom. The smallest absolute Gasteiger partial charge is 0.266 e. The van der Waals surface area contributed by atoms with E-state index in [4.69, 9.17) is 4.74 Å². The Bertz CT molecular complexity index is 807. The molecule has 1 aromatic carbocycles. The van der Waals surface area contributed by atoms with Gasteiger partial charge in [0.15, 0.2) is 6.10 Å². The van der Waals surface area contributed by atoms with E-state index in [1.807, 2.05) is 37.3 Å². The topological polar surface area (TPSA) is 62.1 Å². The quantitative estimate of drug-likeness (QED) is 0.786. The summed E-state index contributed by atoms with van der Waals surface area (Å²) in [5.74, 6) is 1.16. The highest BCUT2D eigenvalue weighted by Crippen LogP contribution is 2.40. The number of benzene rings is 1. The summed E-state index contributed by atoms with van der Waals surface area (Å²) in [5.41, 5.74) is 1.77. The number of nitrogens with one attached hydrogen (secondary N) is 1. The van der Waals surface area contributed by atoms with E-state index in [9.17, 15) is 10.1 Å². The Balaban J connectivity index is 1.76. The Morgan fingerprint density at radius 2 is 2.15 bits per heavy atom. The minimum atomic E-state index is -0.577. The molecular weight excluding hydrogens is 344 g/mol. The summed E-state index contributed by atoms with van der Waals surface area (Å²) in [4.78, 5) is 14.0. The minimum Gasteiger partial charge on any atom is -0.481 e. The number of hydrogen-bond donors (Lipinski definition) is 1. The van der Waals surface area contributed by atoms with Gasteiger partial charge < -0.3 is 10.1 Å². The molecule has 3 rings (SSSR count). The Morgan fingerprint density at radius 1 is 1.38 bits per heavy atom. The van der Waals surface area contributed by atoms with Crippen LogP contribution in [0.3, 0.4) is 0 Å². The molecule has 1 N–H and O–H groups in total. The number of anilines is 1. The number of para-hydroxylation sites is 1. The Hall–Kier alpha value is -2.32. The molecule has 0 aliphatic heterocycles. The van der Waals surface area contributed by atoms with Gasteiger partial charge in [0.1, 0.15) is 16.8 Å². The lowest BCUT2D eigenvalue weighted by molar-refractivity contribution is -0.122. The van der Waals surface area contributed by atoms with Gasteiger partial charge in [-0.15, -0.1) is 11.3 Å². The summed E-state index contributed by atoms with van der Waals surface area (Å²) in [7, 11) is 0. The molecule has 1 aliphatic carbocycles. The van der Waals surface area contributed by atoms with Crippen LogP contribution in [0, 0.1) is 17.2 Å². The molecular formula is C21H24N2O2S. The Kier molecular flexibility index (Phi) is 5.95. The average molecular weight is 369 g/mol. The first-order valence-corrected chi connectivity index (χ1v) is 10.0. The predicted octanol–water partition coefficient (Wildman–Crippen LogP) is 4.93. The van der Waals surface area contributed by atoms with Gasteiger partial charge in [-0.05, 0) is 49.3 Å². The molecule has 1 heterocycles. The highest BCUT2D eigenvalue weighted by Gasteiger charge is 2.27. The molecule has 0 saturated heterocycles. The van der Waals surface area contributed by atoms with Crippen LogP contribution in [-0.2, 0) is 17.6 Å². The van der Waals surface area contributed by atoms with Gasteiger partial charge in [-0.1, -0.05) is 38.5 Å². The van der Waals surface area contributed by atoms with Crippen LogP contribution in [0.1, 0.15) is 49.1 Å². The third-order valence-corrected chi connectivity index (χ3v) is 6.15. The molecule has 2 unspecified atom stereocenters. The van der Waals surface area contributed by atoms with Crippen molar-refractivity contribution in [1.29, 1.82) is 5.26 Å². The van der Waals surface area contributed by atoms with E-state index in [1.54, 1.807) is 11.3 Å². The maximum absolute atomic E-state index is 12.7. The fourth-order valence-corrected chi connectivity index (χ4v) is 4.70. The number of carbonyl (C=O) groups excluding carboxylic acids is 1. The first-order valence-electron chi connectivity index (χ1n) is 9.23. The van der Waals surface area contributed by atoms with Gasteiger partial charge >= 0.3 is 0 Å². The number of ether oxygens (including phenoxy) is 1. The average Bonchev–Trinajstić information content (AvgIpc) is 3.02. The van der Waals surface area contributed by atoms with E-state index in [0.717, 1.165) is 31.2 Å². The maximum atomic E-state index is 12.7. The zero-order chi connectivity index (χ0) is 18.5. The monoisotopic (exact) mass is 368 g/mol. The molecule has 26 heavy (non-hydrogen) atoms. The van der Waals surface area contributed by atoms with Gasteiger partial charge in [-0.3, -0.25) is 4.79 Å². The number of fused-ring (bicyclic) bond motifs is 1. The van der Waals surface area contributed by atoms with Crippen molar-refractivity contribution in [3.8, 4) is 11.8 Å². The molecule has 2 aromatic rings. The number of nitrogens with zero attached hydrogens (tertiary/aromatic N) is 1.